The van der Waals surface area contributed by atoms with Crippen molar-refractivity contribution < 1.29 is 18.7 Å². The van der Waals surface area contributed by atoms with E-state index < -0.39 is 17.4 Å². The van der Waals surface area contributed by atoms with Crippen molar-refractivity contribution in [1.82, 2.24) is 25.0 Å². The number of carbonyl (C=O) groups is 2. The zero-order valence-corrected chi connectivity index (χ0v) is 16.9. The van der Waals surface area contributed by atoms with Crippen LogP contribution < -0.4 is 0 Å². The fraction of sp³-hybridized carbons (Fsp3) is 0.476. The molecule has 5 heterocycles. The van der Waals surface area contributed by atoms with Crippen molar-refractivity contribution in [2.24, 2.45) is 11.8 Å². The second-order valence-electron chi connectivity index (χ2n) is 8.09. The van der Waals surface area contributed by atoms with Gasteiger partial charge >= 0.3 is 0 Å². The van der Waals surface area contributed by atoms with E-state index in [2.05, 4.69) is 15.2 Å². The summed E-state index contributed by atoms with van der Waals surface area (Å²) in [6.45, 7) is 3.01. The number of ether oxygens (including phenoxy) is 1. The summed E-state index contributed by atoms with van der Waals surface area (Å²) >= 11 is 0. The van der Waals surface area contributed by atoms with Crippen LogP contribution >= 0.6 is 0 Å². The van der Waals surface area contributed by atoms with Gasteiger partial charge in [-0.05, 0) is 11.6 Å². The van der Waals surface area contributed by atoms with E-state index in [-0.39, 0.29) is 24.5 Å². The number of pyridine rings is 1. The predicted molar refractivity (Wildman–Crippen MR) is 104 cm³/mol. The molecule has 1 spiro atoms. The first kappa shape index (κ1) is 18.9. The highest BCUT2D eigenvalue weighted by Crippen LogP contribution is 2.52. The molecule has 0 aromatic carbocycles. The number of hydrogen-bond acceptors (Lipinski definition) is 7. The minimum absolute atomic E-state index is 0.0523. The van der Waals surface area contributed by atoms with Crippen LogP contribution in [0.15, 0.2) is 41.1 Å². The predicted octanol–water partition coefficient (Wildman–Crippen LogP) is 0.968. The fourth-order valence-corrected chi connectivity index (χ4v) is 4.74. The summed E-state index contributed by atoms with van der Waals surface area (Å²) in [7, 11) is 1.69. The highest BCUT2D eigenvalue weighted by molar-refractivity contribution is 5.92. The van der Waals surface area contributed by atoms with Crippen LogP contribution in [0.4, 0.5) is 0 Å². The van der Waals surface area contributed by atoms with Gasteiger partial charge in [0.05, 0.1) is 31.0 Å². The average molecular weight is 409 g/mol. The van der Waals surface area contributed by atoms with Gasteiger partial charge in [-0.15, -0.1) is 10.2 Å². The second-order valence-corrected chi connectivity index (χ2v) is 8.09. The third-order valence-electron chi connectivity index (χ3n) is 6.12. The molecule has 0 saturated carbocycles. The Kier molecular flexibility index (Phi) is 4.43. The van der Waals surface area contributed by atoms with Crippen LogP contribution in [0.3, 0.4) is 0 Å². The summed E-state index contributed by atoms with van der Waals surface area (Å²) in [4.78, 5) is 34.0. The molecule has 2 unspecified atom stereocenters. The molecule has 2 bridgehead atoms. The van der Waals surface area contributed by atoms with Crippen molar-refractivity contribution >= 4 is 11.8 Å². The molecule has 9 heteroatoms. The van der Waals surface area contributed by atoms with Crippen LogP contribution in [0.25, 0.3) is 0 Å². The Morgan fingerprint density at radius 1 is 1.37 bits per heavy atom. The van der Waals surface area contributed by atoms with Crippen LogP contribution in [0.1, 0.15) is 24.3 Å². The number of aryl methyl sites for hydroxylation is 1. The summed E-state index contributed by atoms with van der Waals surface area (Å²) in [5.41, 5.74) is 0.217. The molecular formula is C21H23N5O4. The van der Waals surface area contributed by atoms with Gasteiger partial charge in [0, 0.05) is 32.4 Å². The van der Waals surface area contributed by atoms with Gasteiger partial charge in [-0.1, -0.05) is 25.1 Å². The highest BCUT2D eigenvalue weighted by atomic mass is 16.5. The molecule has 0 N–H and O–H groups in total. The Morgan fingerprint density at radius 3 is 2.93 bits per heavy atom. The molecule has 4 atom stereocenters. The normalized spacial score (nSPS) is 28.9. The Hall–Kier alpha value is -3.07. The van der Waals surface area contributed by atoms with Gasteiger partial charge in [-0.25, -0.2) is 0 Å². The molecule has 9 nitrogen and oxygen atoms in total. The molecule has 2 aromatic rings. The molecule has 0 aliphatic carbocycles. The monoisotopic (exact) mass is 409 g/mol. The van der Waals surface area contributed by atoms with E-state index in [1.807, 2.05) is 31.2 Å². The molecule has 2 saturated heterocycles. The number of rotatable bonds is 6. The Morgan fingerprint density at radius 2 is 2.20 bits per heavy atom. The van der Waals surface area contributed by atoms with E-state index in [1.54, 1.807) is 29.2 Å². The van der Waals surface area contributed by atoms with Crippen molar-refractivity contribution in [1.29, 1.82) is 0 Å². The number of nitrogens with zero attached hydrogens (tertiary/aromatic N) is 5. The molecule has 3 aliphatic rings. The van der Waals surface area contributed by atoms with Gasteiger partial charge < -0.3 is 19.0 Å². The molecule has 0 radical (unpaired) electrons. The lowest BCUT2D eigenvalue weighted by Gasteiger charge is -2.27. The number of hydrogen-bond donors (Lipinski definition) is 0. The number of aromatic nitrogens is 3. The van der Waals surface area contributed by atoms with Gasteiger partial charge in [-0.3, -0.25) is 14.6 Å². The van der Waals surface area contributed by atoms with E-state index in [1.165, 1.54) is 0 Å². The molecule has 156 valence electrons. The molecule has 5 rings (SSSR count). The largest absolute Gasteiger partial charge is 0.423 e. The van der Waals surface area contributed by atoms with Crippen LogP contribution in [-0.2, 0) is 33.8 Å². The lowest BCUT2D eigenvalue weighted by molar-refractivity contribution is -0.143. The average Bonchev–Trinajstić information content (AvgIpc) is 3.50. The van der Waals surface area contributed by atoms with E-state index in [9.17, 15) is 9.59 Å². The molecule has 3 aliphatic heterocycles. The molecule has 2 fully saturated rings. The zero-order valence-electron chi connectivity index (χ0n) is 16.9. The third kappa shape index (κ3) is 2.92. The maximum atomic E-state index is 13.3. The number of amides is 2. The zero-order chi connectivity index (χ0) is 20.9. The van der Waals surface area contributed by atoms with Crippen molar-refractivity contribution in [2.45, 2.75) is 38.1 Å². The van der Waals surface area contributed by atoms with Crippen molar-refractivity contribution in [2.75, 3.05) is 13.6 Å². The third-order valence-corrected chi connectivity index (χ3v) is 6.12. The minimum atomic E-state index is -0.731. The molecule has 2 amide bonds. The number of likely N-dealkylation sites (tertiary alicyclic amines) is 1. The minimum Gasteiger partial charge on any atom is -0.423 e. The number of fused-ring (bicyclic) bond motifs is 1. The maximum absolute atomic E-state index is 13.3. The van der Waals surface area contributed by atoms with Crippen LogP contribution in [0.2, 0.25) is 0 Å². The topological polar surface area (TPSA) is 102 Å². The van der Waals surface area contributed by atoms with E-state index in [4.69, 9.17) is 9.15 Å². The lowest BCUT2D eigenvalue weighted by atomic mass is 9.76. The molecule has 2 aromatic heterocycles. The maximum Gasteiger partial charge on any atom is 0.235 e. The van der Waals surface area contributed by atoms with Gasteiger partial charge in [0.25, 0.3) is 0 Å². The summed E-state index contributed by atoms with van der Waals surface area (Å²) in [5.74, 6) is -0.360. The highest BCUT2D eigenvalue weighted by Gasteiger charge is 2.67. The first-order chi connectivity index (χ1) is 14.5. The summed E-state index contributed by atoms with van der Waals surface area (Å²) in [5, 5.41) is 7.93. The Bertz CT molecular complexity index is 1010. The van der Waals surface area contributed by atoms with Crippen LogP contribution in [0.5, 0.6) is 0 Å². The second kappa shape index (κ2) is 7.02. The van der Waals surface area contributed by atoms with Crippen LogP contribution in [-0.4, -0.2) is 62.1 Å². The Labute approximate surface area is 173 Å². The quantitative estimate of drug-likeness (QED) is 0.655. The molecule has 30 heavy (non-hydrogen) atoms. The van der Waals surface area contributed by atoms with Crippen LogP contribution in [0, 0.1) is 11.8 Å². The van der Waals surface area contributed by atoms with Gasteiger partial charge in [0.1, 0.15) is 5.60 Å². The van der Waals surface area contributed by atoms with Gasteiger partial charge in [0.2, 0.25) is 23.6 Å². The Balaban J connectivity index is 1.34. The van der Waals surface area contributed by atoms with Crippen molar-refractivity contribution in [3.8, 4) is 0 Å². The number of carbonyl (C=O) groups excluding carboxylic acids is 2. The van der Waals surface area contributed by atoms with Crippen molar-refractivity contribution in [3.05, 3.63) is 54.0 Å². The first-order valence-corrected chi connectivity index (χ1v) is 10.1. The van der Waals surface area contributed by atoms with Gasteiger partial charge in [0.15, 0.2) is 0 Å². The van der Waals surface area contributed by atoms with E-state index >= 15 is 0 Å². The van der Waals surface area contributed by atoms with E-state index in [0.29, 0.717) is 31.3 Å². The first-order valence-electron chi connectivity index (χ1n) is 10.1. The van der Waals surface area contributed by atoms with Gasteiger partial charge in [-0.2, -0.15) is 0 Å². The smallest absolute Gasteiger partial charge is 0.235 e. The SMILES string of the molecule is CCc1nnc(CN(C)C(=O)C2C3C(=O)N(Cc4cccnc4)C[C@]34C=C[C@H]2O4)o1. The van der Waals surface area contributed by atoms with Crippen molar-refractivity contribution in [3.63, 3.8) is 0 Å². The summed E-state index contributed by atoms with van der Waals surface area (Å²) in [6, 6.07) is 3.78. The standard InChI is InChI=1S/C21H23N5O4/c1-3-15-23-24-16(29-15)11-25(2)19(27)17-14-6-7-21(30-14)12-26(20(28)18(17)21)10-13-5-4-8-22-9-13/h4-9,14,17-18H,3,10-12H2,1-2H3/t14-,17?,18?,21-/m1/s1. The summed E-state index contributed by atoms with van der Waals surface area (Å²) in [6.07, 6.45) is 7.57. The lowest BCUT2D eigenvalue weighted by Crippen LogP contribution is -2.44. The summed E-state index contributed by atoms with van der Waals surface area (Å²) < 4.78 is 11.7. The van der Waals surface area contributed by atoms with E-state index in [0.717, 1.165) is 5.56 Å². The fourth-order valence-electron chi connectivity index (χ4n) is 4.74. The molecular weight excluding hydrogens is 386 g/mol.